The third-order valence-corrected chi connectivity index (χ3v) is 6.79. The quantitative estimate of drug-likeness (QED) is 0.470. The highest BCUT2D eigenvalue weighted by Crippen LogP contribution is 2.27. The molecule has 33 heavy (non-hydrogen) atoms. The number of allylic oxidation sites excluding steroid dienone is 4. The van der Waals surface area contributed by atoms with Crippen LogP contribution in [0.2, 0.25) is 0 Å². The van der Waals surface area contributed by atoms with Gasteiger partial charge in [-0.05, 0) is 85.9 Å². The Kier molecular flexibility index (Phi) is 9.42. The summed E-state index contributed by atoms with van der Waals surface area (Å²) in [4.78, 5) is 7.37. The van der Waals surface area contributed by atoms with Crippen molar-refractivity contribution in [1.29, 1.82) is 0 Å². The molecule has 1 unspecified atom stereocenters. The molecule has 1 aromatic rings. The third kappa shape index (κ3) is 7.63. The molecule has 2 aliphatic rings. The molecular formula is C29H42N4. The van der Waals surface area contributed by atoms with Gasteiger partial charge in [0.1, 0.15) is 6.17 Å². The molecule has 0 radical (unpaired) electrons. The minimum absolute atomic E-state index is 0.185. The standard InChI is InChI=1S/C29H42N4/c1-21(2)17-27-22(3)9-8-12-25(27)10-6-5-7-11-26-19-29(32-20-23(26)4)33-15-13-24(14-16-33)18-28(30)31/h7-12,17,20,24,28-29H,1,5-6,13-16,18-19,30-31H2,2-4H3/b11-7-,25-10-,27-17-. The van der Waals surface area contributed by atoms with Crippen LogP contribution in [0.1, 0.15) is 57.9 Å². The largest absolute Gasteiger partial charge is 0.316 e. The number of hydrogen-bond donors (Lipinski definition) is 2. The Hall–Kier alpha value is -2.27. The average molecular weight is 447 g/mol. The van der Waals surface area contributed by atoms with Crippen LogP contribution in [0.5, 0.6) is 0 Å². The lowest BCUT2D eigenvalue weighted by Gasteiger charge is -2.37. The van der Waals surface area contributed by atoms with Crippen molar-refractivity contribution in [3.63, 3.8) is 0 Å². The van der Waals surface area contributed by atoms with Crippen LogP contribution in [0, 0.1) is 12.8 Å². The molecule has 2 heterocycles. The van der Waals surface area contributed by atoms with Crippen molar-refractivity contribution in [2.75, 3.05) is 13.1 Å². The van der Waals surface area contributed by atoms with Gasteiger partial charge in [0, 0.05) is 25.7 Å². The zero-order valence-electron chi connectivity index (χ0n) is 20.8. The summed E-state index contributed by atoms with van der Waals surface area (Å²) in [5.41, 5.74) is 16.7. The first-order valence-electron chi connectivity index (χ1n) is 12.4. The number of rotatable bonds is 8. The van der Waals surface area contributed by atoms with Gasteiger partial charge in [-0.2, -0.15) is 0 Å². The molecular weight excluding hydrogens is 404 g/mol. The lowest BCUT2D eigenvalue weighted by atomic mass is 9.91. The summed E-state index contributed by atoms with van der Waals surface area (Å²) in [6.45, 7) is 12.6. The van der Waals surface area contributed by atoms with Crippen LogP contribution in [0.3, 0.4) is 0 Å². The van der Waals surface area contributed by atoms with Crippen LogP contribution in [-0.2, 0) is 0 Å². The summed E-state index contributed by atoms with van der Waals surface area (Å²) in [6, 6.07) is 6.50. The second kappa shape index (κ2) is 12.3. The predicted octanol–water partition coefficient (Wildman–Crippen LogP) is 3.93. The molecule has 1 aromatic carbocycles. The van der Waals surface area contributed by atoms with Crippen molar-refractivity contribution < 1.29 is 0 Å². The molecule has 0 spiro atoms. The minimum Gasteiger partial charge on any atom is -0.316 e. The Morgan fingerprint density at radius 2 is 1.97 bits per heavy atom. The van der Waals surface area contributed by atoms with E-state index in [1.807, 2.05) is 6.92 Å². The number of nitrogens with two attached hydrogens (primary N) is 2. The summed E-state index contributed by atoms with van der Waals surface area (Å²) in [5, 5.41) is 2.58. The molecule has 0 aromatic heterocycles. The van der Waals surface area contributed by atoms with E-state index in [1.54, 1.807) is 0 Å². The first-order valence-corrected chi connectivity index (χ1v) is 12.4. The van der Waals surface area contributed by atoms with Gasteiger partial charge < -0.3 is 11.5 Å². The summed E-state index contributed by atoms with van der Waals surface area (Å²) in [5.74, 6) is 0.656. The van der Waals surface area contributed by atoms with Gasteiger partial charge in [-0.1, -0.05) is 54.7 Å². The second-order valence-electron chi connectivity index (χ2n) is 9.80. The van der Waals surface area contributed by atoms with Gasteiger partial charge in [0.2, 0.25) is 0 Å². The molecule has 0 saturated carbocycles. The third-order valence-electron chi connectivity index (χ3n) is 6.79. The van der Waals surface area contributed by atoms with Crippen LogP contribution in [0.25, 0.3) is 12.2 Å². The van der Waals surface area contributed by atoms with E-state index in [4.69, 9.17) is 16.5 Å². The van der Waals surface area contributed by atoms with E-state index in [2.05, 4.69) is 74.0 Å². The number of likely N-dealkylation sites (tertiary alicyclic amines) is 1. The fourth-order valence-corrected chi connectivity index (χ4v) is 4.87. The number of aliphatic imine (C=N–C) groups is 1. The average Bonchev–Trinajstić information content (AvgIpc) is 2.77. The fourth-order valence-electron chi connectivity index (χ4n) is 4.87. The van der Waals surface area contributed by atoms with E-state index < -0.39 is 0 Å². The molecule has 4 N–H and O–H groups in total. The summed E-state index contributed by atoms with van der Waals surface area (Å²) >= 11 is 0. The van der Waals surface area contributed by atoms with Crippen molar-refractivity contribution in [2.24, 2.45) is 22.4 Å². The number of unbranched alkanes of at least 4 members (excludes halogenated alkanes) is 1. The smallest absolute Gasteiger partial charge is 0.106 e. The van der Waals surface area contributed by atoms with Gasteiger partial charge in [0.15, 0.2) is 0 Å². The highest BCUT2D eigenvalue weighted by molar-refractivity contribution is 5.81. The zero-order valence-corrected chi connectivity index (χ0v) is 20.8. The molecule has 1 atom stereocenters. The number of hydrogen-bond acceptors (Lipinski definition) is 4. The van der Waals surface area contributed by atoms with Gasteiger partial charge in [0.25, 0.3) is 0 Å². The Balaban J connectivity index is 1.56. The fraction of sp³-hybridized carbons (Fsp3) is 0.483. The number of benzene rings is 1. The first-order chi connectivity index (χ1) is 15.8. The summed E-state index contributed by atoms with van der Waals surface area (Å²) < 4.78 is 0. The van der Waals surface area contributed by atoms with Gasteiger partial charge in [-0.25, -0.2) is 0 Å². The summed E-state index contributed by atoms with van der Waals surface area (Å²) in [7, 11) is 0. The van der Waals surface area contributed by atoms with Crippen molar-refractivity contribution in [3.05, 3.63) is 69.7 Å². The van der Waals surface area contributed by atoms with E-state index in [-0.39, 0.29) is 12.3 Å². The van der Waals surface area contributed by atoms with Crippen LogP contribution in [-0.4, -0.2) is 36.5 Å². The molecule has 0 bridgehead atoms. The maximum atomic E-state index is 5.79. The van der Waals surface area contributed by atoms with Gasteiger partial charge in [-0.15, -0.1) is 0 Å². The van der Waals surface area contributed by atoms with E-state index in [1.165, 1.54) is 40.0 Å². The Morgan fingerprint density at radius 3 is 2.67 bits per heavy atom. The van der Waals surface area contributed by atoms with E-state index >= 15 is 0 Å². The summed E-state index contributed by atoms with van der Waals surface area (Å²) in [6.07, 6.45) is 17.6. The van der Waals surface area contributed by atoms with Gasteiger partial charge >= 0.3 is 0 Å². The molecule has 3 rings (SSSR count). The maximum Gasteiger partial charge on any atom is 0.106 e. The molecule has 178 valence electrons. The monoisotopic (exact) mass is 446 g/mol. The molecule has 4 nitrogen and oxygen atoms in total. The van der Waals surface area contributed by atoms with Crippen LogP contribution in [0.15, 0.2) is 58.6 Å². The molecule has 0 aliphatic carbocycles. The number of nitrogens with zero attached hydrogens (tertiary/aromatic N) is 2. The van der Waals surface area contributed by atoms with E-state index in [0.717, 1.165) is 44.3 Å². The highest BCUT2D eigenvalue weighted by atomic mass is 15.2. The molecule has 1 fully saturated rings. The van der Waals surface area contributed by atoms with E-state index in [0.29, 0.717) is 5.92 Å². The van der Waals surface area contributed by atoms with Crippen LogP contribution >= 0.6 is 0 Å². The van der Waals surface area contributed by atoms with Crippen molar-refractivity contribution in [2.45, 2.75) is 71.6 Å². The Morgan fingerprint density at radius 1 is 1.21 bits per heavy atom. The molecule has 0 amide bonds. The van der Waals surface area contributed by atoms with E-state index in [9.17, 15) is 0 Å². The van der Waals surface area contributed by atoms with Crippen LogP contribution in [0.4, 0.5) is 0 Å². The Bertz CT molecular complexity index is 1020. The SMILES string of the molecule is C=C(C)/C=c1/c(C)ccc/c1=C/CC/C=C\C1=C(C)C=NC(N2CCC(CC(N)N)CC2)C1. The molecule has 2 aliphatic heterocycles. The van der Waals surface area contributed by atoms with Crippen molar-refractivity contribution >= 4 is 18.4 Å². The van der Waals surface area contributed by atoms with Crippen molar-refractivity contribution in [1.82, 2.24) is 4.90 Å². The topological polar surface area (TPSA) is 67.6 Å². The van der Waals surface area contributed by atoms with Crippen LogP contribution < -0.4 is 21.9 Å². The number of dihydropyridines is 1. The lowest BCUT2D eigenvalue weighted by Crippen LogP contribution is -2.43. The second-order valence-corrected chi connectivity index (χ2v) is 9.80. The molecule has 4 heteroatoms. The predicted molar refractivity (Wildman–Crippen MR) is 143 cm³/mol. The van der Waals surface area contributed by atoms with Gasteiger partial charge in [0.05, 0.1) is 6.17 Å². The first kappa shape index (κ1) is 25.4. The highest BCUT2D eigenvalue weighted by Gasteiger charge is 2.26. The zero-order chi connectivity index (χ0) is 23.8. The maximum absolute atomic E-state index is 5.79. The van der Waals surface area contributed by atoms with Crippen molar-refractivity contribution in [3.8, 4) is 0 Å². The number of piperidine rings is 1. The Labute approximate surface area is 200 Å². The molecule has 1 saturated heterocycles. The lowest BCUT2D eigenvalue weighted by molar-refractivity contribution is 0.129. The normalized spacial score (nSPS) is 21.7. The number of aryl methyl sites for hydroxylation is 1. The van der Waals surface area contributed by atoms with Gasteiger partial charge in [-0.3, -0.25) is 9.89 Å². The minimum atomic E-state index is -0.185.